The lowest BCUT2D eigenvalue weighted by Gasteiger charge is -2.23. The summed E-state index contributed by atoms with van der Waals surface area (Å²) in [5.74, 6) is -2.70. The van der Waals surface area contributed by atoms with Gasteiger partial charge >= 0.3 is 12.1 Å². The van der Waals surface area contributed by atoms with Gasteiger partial charge in [0.1, 0.15) is 18.7 Å². The number of nitrogens with one attached hydrogen (secondary N) is 3. The molecule has 0 fully saturated rings. The van der Waals surface area contributed by atoms with Crippen LogP contribution in [0.3, 0.4) is 0 Å². The van der Waals surface area contributed by atoms with Crippen LogP contribution in [-0.2, 0) is 20.9 Å². The van der Waals surface area contributed by atoms with Crippen molar-refractivity contribution in [2.45, 2.75) is 45.4 Å². The largest absolute Gasteiger partial charge is 0.480 e. The van der Waals surface area contributed by atoms with Gasteiger partial charge in [-0.2, -0.15) is 0 Å². The van der Waals surface area contributed by atoms with E-state index in [0.29, 0.717) is 0 Å². The number of ether oxygens (including phenoxy) is 1. The Kier molecular flexibility index (Phi) is 11.0. The van der Waals surface area contributed by atoms with Crippen molar-refractivity contribution < 1.29 is 29.3 Å². The number of amides is 2. The molecule has 6 N–H and O–H groups in total. The first-order chi connectivity index (χ1) is 15.1. The Balaban J connectivity index is 2.59. The second-order valence-electron chi connectivity index (χ2n) is 7.11. The molecule has 0 spiro atoms. The minimum atomic E-state index is -1.27. The molecule has 0 saturated carbocycles. The number of nitrogens with zero attached hydrogens (tertiary/aromatic N) is 2. The Hall–Kier alpha value is -3.90. The standard InChI is InChI=1S/C19H28N6O7/c1-12(2)15(23-19(29)32-11-13-7-4-3-5-8-13)16(26)22-14(17(27)28)9-6-10-21-18(20)24-25(30)31/h3-5,7-8,12,14-15H,6,9-11H2,1-2H3,(H,22,26)(H,23,29)(H,27,28)(H3,20,21,24). The molecule has 0 bridgehead atoms. The maximum Gasteiger partial charge on any atom is 0.408 e. The van der Waals surface area contributed by atoms with Crippen molar-refractivity contribution in [3.05, 3.63) is 46.0 Å². The lowest BCUT2D eigenvalue weighted by atomic mass is 10.0. The molecule has 0 aliphatic carbocycles. The van der Waals surface area contributed by atoms with E-state index in [1.807, 2.05) is 6.07 Å². The molecule has 13 nitrogen and oxygen atoms in total. The minimum Gasteiger partial charge on any atom is -0.480 e. The highest BCUT2D eigenvalue weighted by molar-refractivity contribution is 5.89. The summed E-state index contributed by atoms with van der Waals surface area (Å²) in [4.78, 5) is 50.1. The number of nitrogens with two attached hydrogens (primary N) is 1. The Morgan fingerprint density at radius 3 is 2.44 bits per heavy atom. The van der Waals surface area contributed by atoms with Crippen LogP contribution in [0.2, 0.25) is 0 Å². The average Bonchev–Trinajstić information content (AvgIpc) is 2.72. The molecular weight excluding hydrogens is 424 g/mol. The van der Waals surface area contributed by atoms with Crippen molar-refractivity contribution in [1.29, 1.82) is 0 Å². The lowest BCUT2D eigenvalue weighted by molar-refractivity contribution is -0.525. The van der Waals surface area contributed by atoms with Gasteiger partial charge in [0, 0.05) is 6.54 Å². The van der Waals surface area contributed by atoms with Gasteiger partial charge in [-0.15, -0.1) is 0 Å². The number of hydrazine groups is 1. The first-order valence-electron chi connectivity index (χ1n) is 9.81. The number of guanidine groups is 1. The number of hydrogen-bond donors (Lipinski definition) is 5. The molecule has 2 unspecified atom stereocenters. The number of carbonyl (C=O) groups is 3. The number of nitro groups is 1. The summed E-state index contributed by atoms with van der Waals surface area (Å²) in [6.45, 7) is 3.42. The molecule has 0 radical (unpaired) electrons. The SMILES string of the molecule is CC(C)C(NC(=O)OCc1ccccc1)C(=O)NC(CCCN=C(N)N[N+](=O)[O-])C(=O)O. The van der Waals surface area contributed by atoms with Crippen LogP contribution in [0.1, 0.15) is 32.3 Å². The Morgan fingerprint density at radius 1 is 1.22 bits per heavy atom. The van der Waals surface area contributed by atoms with Gasteiger partial charge in [-0.25, -0.2) is 24.7 Å². The van der Waals surface area contributed by atoms with Crippen molar-refractivity contribution in [2.75, 3.05) is 6.54 Å². The Bertz CT molecular complexity index is 816. The molecular formula is C19H28N6O7. The van der Waals surface area contributed by atoms with Crippen molar-refractivity contribution in [3.63, 3.8) is 0 Å². The molecule has 176 valence electrons. The fourth-order valence-corrected chi connectivity index (χ4v) is 2.57. The Labute approximate surface area is 184 Å². The predicted octanol–water partition coefficient (Wildman–Crippen LogP) is 0.383. The summed E-state index contributed by atoms with van der Waals surface area (Å²) in [6, 6.07) is 6.72. The second-order valence-corrected chi connectivity index (χ2v) is 7.11. The number of carboxylic acids is 1. The number of alkyl carbamates (subject to hydrolysis) is 1. The molecule has 1 aromatic carbocycles. The summed E-state index contributed by atoms with van der Waals surface area (Å²) in [6.07, 6.45) is -0.617. The normalized spacial score (nSPS) is 13.0. The summed E-state index contributed by atoms with van der Waals surface area (Å²) in [5.41, 5.74) is 7.71. The topological polar surface area (TPSA) is 198 Å². The van der Waals surface area contributed by atoms with E-state index in [-0.39, 0.29) is 31.9 Å². The molecule has 2 amide bonds. The number of benzene rings is 1. The van der Waals surface area contributed by atoms with E-state index in [9.17, 15) is 29.6 Å². The van der Waals surface area contributed by atoms with Crippen molar-refractivity contribution >= 4 is 23.9 Å². The van der Waals surface area contributed by atoms with Crippen LogP contribution in [0.25, 0.3) is 0 Å². The monoisotopic (exact) mass is 452 g/mol. The second kappa shape index (κ2) is 13.4. The van der Waals surface area contributed by atoms with Gasteiger partial charge < -0.3 is 26.2 Å². The number of carbonyl (C=O) groups excluding carboxylic acids is 2. The van der Waals surface area contributed by atoms with Crippen LogP contribution in [0.5, 0.6) is 0 Å². The van der Waals surface area contributed by atoms with Crippen molar-refractivity contribution in [3.8, 4) is 0 Å². The highest BCUT2D eigenvalue weighted by atomic mass is 16.7. The van der Waals surface area contributed by atoms with Gasteiger partial charge in [0.15, 0.2) is 5.03 Å². The maximum atomic E-state index is 12.6. The number of rotatable bonds is 12. The lowest BCUT2D eigenvalue weighted by Crippen LogP contribution is -2.53. The fourth-order valence-electron chi connectivity index (χ4n) is 2.57. The summed E-state index contributed by atoms with van der Waals surface area (Å²) in [5, 5.41) is 23.6. The first-order valence-corrected chi connectivity index (χ1v) is 9.81. The molecule has 0 aliphatic rings. The quantitative estimate of drug-likeness (QED) is 0.0978. The summed E-state index contributed by atoms with van der Waals surface area (Å²) >= 11 is 0. The third kappa shape index (κ3) is 10.2. The van der Waals surface area contributed by atoms with E-state index >= 15 is 0 Å². The van der Waals surface area contributed by atoms with Gasteiger partial charge in [-0.05, 0) is 24.3 Å². The van der Waals surface area contributed by atoms with Gasteiger partial charge in [-0.1, -0.05) is 49.6 Å². The highest BCUT2D eigenvalue weighted by Gasteiger charge is 2.28. The van der Waals surface area contributed by atoms with E-state index in [1.165, 1.54) is 0 Å². The van der Waals surface area contributed by atoms with Crippen molar-refractivity contribution in [2.24, 2.45) is 16.6 Å². The third-order valence-corrected chi connectivity index (χ3v) is 4.19. The highest BCUT2D eigenvalue weighted by Crippen LogP contribution is 2.07. The number of aliphatic carboxylic acids is 1. The van der Waals surface area contributed by atoms with Crippen LogP contribution >= 0.6 is 0 Å². The predicted molar refractivity (Wildman–Crippen MR) is 114 cm³/mol. The van der Waals surface area contributed by atoms with Gasteiger partial charge in [-0.3, -0.25) is 4.79 Å². The van der Waals surface area contributed by atoms with E-state index in [0.717, 1.165) is 5.56 Å². The zero-order chi connectivity index (χ0) is 24.1. The molecule has 1 rings (SSSR count). The number of hydrogen-bond acceptors (Lipinski definition) is 7. The fraction of sp³-hybridized carbons (Fsp3) is 0.474. The molecule has 0 aliphatic heterocycles. The van der Waals surface area contributed by atoms with E-state index in [4.69, 9.17) is 10.5 Å². The third-order valence-electron chi connectivity index (χ3n) is 4.19. The van der Waals surface area contributed by atoms with Crippen LogP contribution in [0.15, 0.2) is 35.3 Å². The zero-order valence-electron chi connectivity index (χ0n) is 17.8. The number of carboxylic acid groups (broad SMARTS) is 1. The summed E-state index contributed by atoms with van der Waals surface area (Å²) < 4.78 is 5.11. The van der Waals surface area contributed by atoms with Crippen LogP contribution in [0, 0.1) is 16.0 Å². The van der Waals surface area contributed by atoms with E-state index in [2.05, 4.69) is 15.6 Å². The van der Waals surface area contributed by atoms with Gasteiger partial charge in [0.2, 0.25) is 5.91 Å². The number of aliphatic imine (C=N–C) groups is 1. The Morgan fingerprint density at radius 2 is 1.88 bits per heavy atom. The molecule has 2 atom stereocenters. The van der Waals surface area contributed by atoms with E-state index < -0.39 is 41.0 Å². The maximum absolute atomic E-state index is 12.6. The average molecular weight is 452 g/mol. The van der Waals surface area contributed by atoms with Crippen molar-refractivity contribution in [1.82, 2.24) is 16.1 Å². The zero-order valence-corrected chi connectivity index (χ0v) is 17.8. The van der Waals surface area contributed by atoms with Crippen LogP contribution < -0.4 is 21.8 Å². The molecule has 0 saturated heterocycles. The smallest absolute Gasteiger partial charge is 0.408 e. The molecule has 0 heterocycles. The molecule has 0 aromatic heterocycles. The molecule has 1 aromatic rings. The van der Waals surface area contributed by atoms with Crippen LogP contribution in [0.4, 0.5) is 4.79 Å². The van der Waals surface area contributed by atoms with Gasteiger partial charge in [0.05, 0.1) is 0 Å². The van der Waals surface area contributed by atoms with Crippen LogP contribution in [-0.4, -0.2) is 52.7 Å². The summed E-state index contributed by atoms with van der Waals surface area (Å²) in [7, 11) is 0. The minimum absolute atomic E-state index is 0.000410. The molecule has 32 heavy (non-hydrogen) atoms. The van der Waals surface area contributed by atoms with Gasteiger partial charge in [0.25, 0.3) is 5.96 Å². The van der Waals surface area contributed by atoms with E-state index in [1.54, 1.807) is 43.5 Å². The first kappa shape index (κ1) is 26.1. The molecule has 13 heteroatoms.